The molecule has 0 heterocycles. The Balaban J connectivity index is 2.56. The molecule has 0 radical (unpaired) electrons. The molecule has 0 N–H and O–H groups in total. The maximum atomic E-state index is 13.8. The van der Waals surface area contributed by atoms with Crippen LogP contribution in [0, 0.1) is 17.1 Å². The van der Waals surface area contributed by atoms with Gasteiger partial charge in [-0.15, -0.1) is 13.2 Å². The summed E-state index contributed by atoms with van der Waals surface area (Å²) < 4.78 is 54.6. The number of hydrogen-bond acceptors (Lipinski definition) is 2. The van der Waals surface area contributed by atoms with Gasteiger partial charge in [0.1, 0.15) is 11.6 Å². The van der Waals surface area contributed by atoms with Gasteiger partial charge in [0.15, 0.2) is 0 Å². The largest absolute Gasteiger partial charge is 0.573 e. The molecule has 20 heavy (non-hydrogen) atoms. The third-order valence-corrected chi connectivity index (χ3v) is 2.50. The Bertz CT molecular complexity index is 674. The minimum absolute atomic E-state index is 0.0700. The van der Waals surface area contributed by atoms with Crippen LogP contribution in [0.5, 0.6) is 5.75 Å². The van der Waals surface area contributed by atoms with E-state index in [1.165, 1.54) is 30.3 Å². The molecule has 0 aliphatic carbocycles. The fraction of sp³-hybridized carbons (Fsp3) is 0.0714. The number of alkyl halides is 3. The molecule has 0 aliphatic heterocycles. The van der Waals surface area contributed by atoms with Gasteiger partial charge < -0.3 is 4.74 Å². The van der Waals surface area contributed by atoms with Crippen LogP contribution < -0.4 is 4.74 Å². The van der Waals surface area contributed by atoms with Crippen molar-refractivity contribution in [3.05, 3.63) is 53.8 Å². The van der Waals surface area contributed by atoms with Crippen molar-refractivity contribution in [1.82, 2.24) is 0 Å². The van der Waals surface area contributed by atoms with Gasteiger partial charge in [-0.2, -0.15) is 5.26 Å². The molecule has 2 rings (SSSR count). The van der Waals surface area contributed by atoms with Gasteiger partial charge in [-0.3, -0.25) is 0 Å². The Morgan fingerprint density at radius 2 is 1.70 bits per heavy atom. The molecule has 0 fully saturated rings. The Hall–Kier alpha value is -2.55. The predicted molar refractivity (Wildman–Crippen MR) is 63.2 cm³/mol. The Kier molecular flexibility index (Phi) is 3.61. The molecule has 0 aliphatic rings. The van der Waals surface area contributed by atoms with Gasteiger partial charge in [0.25, 0.3) is 0 Å². The van der Waals surface area contributed by atoms with Crippen molar-refractivity contribution >= 4 is 0 Å². The smallest absolute Gasteiger partial charge is 0.405 e. The van der Waals surface area contributed by atoms with Gasteiger partial charge in [-0.05, 0) is 24.3 Å². The van der Waals surface area contributed by atoms with Crippen LogP contribution in [0.15, 0.2) is 42.5 Å². The first-order valence-electron chi connectivity index (χ1n) is 5.45. The van der Waals surface area contributed by atoms with E-state index < -0.39 is 17.9 Å². The normalized spacial score (nSPS) is 10.9. The lowest BCUT2D eigenvalue weighted by Crippen LogP contribution is -2.17. The van der Waals surface area contributed by atoms with Crippen molar-refractivity contribution in [1.29, 1.82) is 5.26 Å². The number of ether oxygens (including phenoxy) is 1. The average molecular weight is 281 g/mol. The maximum Gasteiger partial charge on any atom is 0.573 e. The summed E-state index contributed by atoms with van der Waals surface area (Å²) >= 11 is 0. The zero-order chi connectivity index (χ0) is 14.8. The molecule has 0 atom stereocenters. The Labute approximate surface area is 111 Å². The summed E-state index contributed by atoms with van der Waals surface area (Å²) in [6, 6.07) is 10.4. The molecule has 0 aromatic heterocycles. The van der Waals surface area contributed by atoms with Gasteiger partial charge in [0.2, 0.25) is 0 Å². The van der Waals surface area contributed by atoms with Gasteiger partial charge in [0.05, 0.1) is 11.6 Å². The van der Waals surface area contributed by atoms with Crippen LogP contribution >= 0.6 is 0 Å². The number of hydrogen-bond donors (Lipinski definition) is 0. The van der Waals surface area contributed by atoms with E-state index in [1.54, 1.807) is 6.07 Å². The lowest BCUT2D eigenvalue weighted by atomic mass is 10.0. The van der Waals surface area contributed by atoms with Crippen LogP contribution in [0.2, 0.25) is 0 Å². The van der Waals surface area contributed by atoms with E-state index in [0.29, 0.717) is 0 Å². The fourth-order valence-corrected chi connectivity index (χ4v) is 1.70. The minimum Gasteiger partial charge on any atom is -0.405 e. The first-order valence-corrected chi connectivity index (χ1v) is 5.45. The topological polar surface area (TPSA) is 33.0 Å². The second-order valence-corrected chi connectivity index (χ2v) is 3.85. The molecule has 0 spiro atoms. The van der Waals surface area contributed by atoms with Crippen LogP contribution in [0.4, 0.5) is 17.6 Å². The van der Waals surface area contributed by atoms with Gasteiger partial charge >= 0.3 is 6.36 Å². The highest BCUT2D eigenvalue weighted by Crippen LogP contribution is 2.35. The number of nitrogens with zero attached hydrogens (tertiary/aromatic N) is 1. The van der Waals surface area contributed by atoms with E-state index in [-0.39, 0.29) is 16.7 Å². The Morgan fingerprint density at radius 3 is 2.35 bits per heavy atom. The number of benzene rings is 2. The van der Waals surface area contributed by atoms with E-state index in [9.17, 15) is 17.6 Å². The third-order valence-electron chi connectivity index (χ3n) is 2.50. The van der Waals surface area contributed by atoms with Crippen LogP contribution in [0.1, 0.15) is 5.56 Å². The summed E-state index contributed by atoms with van der Waals surface area (Å²) in [5.41, 5.74) is -0.0495. The molecular formula is C14H7F4NO. The zero-order valence-corrected chi connectivity index (χ0v) is 9.91. The van der Waals surface area contributed by atoms with Gasteiger partial charge in [-0.1, -0.05) is 18.2 Å². The summed E-state index contributed by atoms with van der Waals surface area (Å²) in [6.07, 6.45) is -4.88. The van der Waals surface area contributed by atoms with E-state index in [0.717, 1.165) is 12.1 Å². The number of rotatable bonds is 2. The zero-order valence-electron chi connectivity index (χ0n) is 9.91. The first kappa shape index (κ1) is 13.9. The highest BCUT2D eigenvalue weighted by molar-refractivity contribution is 5.72. The summed E-state index contributed by atoms with van der Waals surface area (Å²) in [5.74, 6) is -1.25. The van der Waals surface area contributed by atoms with Gasteiger partial charge in [-0.25, -0.2) is 4.39 Å². The van der Waals surface area contributed by atoms with Crippen molar-refractivity contribution in [2.45, 2.75) is 6.36 Å². The monoisotopic (exact) mass is 281 g/mol. The Morgan fingerprint density at radius 1 is 1.00 bits per heavy atom. The van der Waals surface area contributed by atoms with Crippen molar-refractivity contribution in [3.8, 4) is 22.9 Å². The lowest BCUT2D eigenvalue weighted by molar-refractivity contribution is -0.274. The van der Waals surface area contributed by atoms with Crippen LogP contribution in [-0.4, -0.2) is 6.36 Å². The quantitative estimate of drug-likeness (QED) is 0.770. The van der Waals surface area contributed by atoms with Crippen LogP contribution in [0.25, 0.3) is 11.1 Å². The summed E-state index contributed by atoms with van der Waals surface area (Å²) in [6.45, 7) is 0. The summed E-state index contributed by atoms with van der Waals surface area (Å²) in [4.78, 5) is 0. The fourth-order valence-electron chi connectivity index (χ4n) is 1.70. The van der Waals surface area contributed by atoms with E-state index in [2.05, 4.69) is 4.74 Å². The third kappa shape index (κ3) is 3.06. The number of para-hydroxylation sites is 1. The average Bonchev–Trinajstić information content (AvgIpc) is 2.38. The molecule has 0 amide bonds. The molecule has 2 aromatic rings. The van der Waals surface area contributed by atoms with Crippen LogP contribution in [0.3, 0.4) is 0 Å². The molecule has 102 valence electrons. The highest BCUT2D eigenvalue weighted by Gasteiger charge is 2.32. The molecule has 0 bridgehead atoms. The SMILES string of the molecule is N#Cc1ccc(F)c(-c2ccccc2OC(F)(F)F)c1. The molecule has 2 aromatic carbocycles. The number of halogens is 4. The summed E-state index contributed by atoms with van der Waals surface area (Å²) in [5, 5.41) is 8.77. The van der Waals surface area contributed by atoms with Crippen molar-refractivity contribution in [2.24, 2.45) is 0 Å². The molecular weight excluding hydrogens is 274 g/mol. The van der Waals surface area contributed by atoms with Crippen molar-refractivity contribution < 1.29 is 22.3 Å². The molecule has 0 saturated carbocycles. The van der Waals surface area contributed by atoms with Crippen molar-refractivity contribution in [3.63, 3.8) is 0 Å². The van der Waals surface area contributed by atoms with Crippen LogP contribution in [-0.2, 0) is 0 Å². The molecule has 2 nitrogen and oxygen atoms in total. The first-order chi connectivity index (χ1) is 9.40. The second-order valence-electron chi connectivity index (χ2n) is 3.85. The maximum absolute atomic E-state index is 13.8. The summed E-state index contributed by atoms with van der Waals surface area (Å²) in [7, 11) is 0. The molecule has 0 unspecified atom stereocenters. The van der Waals surface area contributed by atoms with Crippen molar-refractivity contribution in [2.75, 3.05) is 0 Å². The van der Waals surface area contributed by atoms with E-state index in [1.807, 2.05) is 0 Å². The molecule has 6 heteroatoms. The lowest BCUT2D eigenvalue weighted by Gasteiger charge is -2.13. The second kappa shape index (κ2) is 5.21. The van der Waals surface area contributed by atoms with Gasteiger partial charge in [0, 0.05) is 11.1 Å². The molecule has 0 saturated heterocycles. The highest BCUT2D eigenvalue weighted by atomic mass is 19.4. The predicted octanol–water partition coefficient (Wildman–Crippen LogP) is 4.26. The minimum atomic E-state index is -4.88. The number of nitriles is 1. The van der Waals surface area contributed by atoms with E-state index in [4.69, 9.17) is 5.26 Å². The standard InChI is InChI=1S/C14H7F4NO/c15-12-6-5-9(8-19)7-11(12)10-3-1-2-4-13(10)20-14(16,17)18/h1-7H. The van der Waals surface area contributed by atoms with E-state index >= 15 is 0 Å².